The molecule has 0 fully saturated rings. The van der Waals surface area contributed by atoms with Crippen molar-refractivity contribution in [3.8, 4) is 0 Å². The Labute approximate surface area is 166 Å². The Kier molecular flexibility index (Phi) is 22.9. The van der Waals surface area contributed by atoms with Crippen LogP contribution in [0.4, 0.5) is 0 Å². The molecular formula is C21H42N2O4. The van der Waals surface area contributed by atoms with Crippen molar-refractivity contribution in [1.29, 1.82) is 0 Å². The Morgan fingerprint density at radius 3 is 1.70 bits per heavy atom. The van der Waals surface area contributed by atoms with Crippen molar-refractivity contribution >= 4 is 23.4 Å². The molecule has 0 rings (SSSR count). The van der Waals surface area contributed by atoms with Crippen molar-refractivity contribution in [2.75, 3.05) is 13.6 Å². The van der Waals surface area contributed by atoms with Gasteiger partial charge >= 0.3 is 0 Å². The minimum atomic E-state index is -0.807. The second-order valence-corrected chi connectivity index (χ2v) is 6.69. The Morgan fingerprint density at radius 1 is 0.852 bits per heavy atom. The molecule has 1 unspecified atom stereocenters. The van der Waals surface area contributed by atoms with Crippen LogP contribution in [0.25, 0.3) is 0 Å². The second-order valence-electron chi connectivity index (χ2n) is 6.69. The first-order chi connectivity index (χ1) is 12.6. The lowest BCUT2D eigenvalue weighted by Gasteiger charge is -2.26. The maximum absolute atomic E-state index is 12.1. The van der Waals surface area contributed by atoms with Crippen LogP contribution in [-0.4, -0.2) is 47.9 Å². The van der Waals surface area contributed by atoms with Crippen LogP contribution in [-0.2, 0) is 19.2 Å². The first-order valence-corrected chi connectivity index (χ1v) is 10.1. The van der Waals surface area contributed by atoms with E-state index in [1.54, 1.807) is 0 Å². The summed E-state index contributed by atoms with van der Waals surface area (Å²) in [7, 11) is 1.50. The fourth-order valence-electron chi connectivity index (χ4n) is 1.82. The van der Waals surface area contributed by atoms with Crippen molar-refractivity contribution in [3.05, 3.63) is 0 Å². The summed E-state index contributed by atoms with van der Waals surface area (Å²) in [4.78, 5) is 47.6. The maximum atomic E-state index is 12.1. The molecule has 2 amide bonds. The summed E-state index contributed by atoms with van der Waals surface area (Å²) in [6.07, 6.45) is 4.49. The summed E-state index contributed by atoms with van der Waals surface area (Å²) < 4.78 is 0. The van der Waals surface area contributed by atoms with Gasteiger partial charge < -0.3 is 15.0 Å². The minimum Gasteiger partial charge on any atom is -0.354 e. The van der Waals surface area contributed by atoms with Gasteiger partial charge in [-0.25, -0.2) is 0 Å². The SMILES string of the molecule is CCC.CCC.CCCCNC(=O)C(CC(C)=O)N(C)C(=O)CCC(C)=O. The van der Waals surface area contributed by atoms with Crippen LogP contribution in [0.1, 0.15) is 93.4 Å². The predicted molar refractivity (Wildman–Crippen MR) is 112 cm³/mol. The molecule has 0 radical (unpaired) electrons. The molecule has 6 nitrogen and oxygen atoms in total. The number of unbranched alkanes of at least 4 members (excludes halogenated alkanes) is 1. The number of nitrogens with zero attached hydrogens (tertiary/aromatic N) is 1. The van der Waals surface area contributed by atoms with E-state index < -0.39 is 6.04 Å². The van der Waals surface area contributed by atoms with Gasteiger partial charge in [0.15, 0.2) is 0 Å². The van der Waals surface area contributed by atoms with E-state index in [4.69, 9.17) is 0 Å². The van der Waals surface area contributed by atoms with Crippen molar-refractivity contribution in [2.24, 2.45) is 0 Å². The van der Waals surface area contributed by atoms with Gasteiger partial charge in [0, 0.05) is 32.9 Å². The third kappa shape index (κ3) is 20.4. The number of ketones is 2. The average molecular weight is 387 g/mol. The van der Waals surface area contributed by atoms with Gasteiger partial charge in [-0.15, -0.1) is 0 Å². The van der Waals surface area contributed by atoms with E-state index in [1.807, 2.05) is 6.92 Å². The van der Waals surface area contributed by atoms with Gasteiger partial charge in [0.05, 0.1) is 0 Å². The number of likely N-dealkylation sites (N-methyl/N-ethyl adjacent to an activating group) is 1. The summed E-state index contributed by atoms with van der Waals surface area (Å²) in [6, 6.07) is -0.807. The highest BCUT2D eigenvalue weighted by molar-refractivity contribution is 5.92. The lowest BCUT2D eigenvalue weighted by atomic mass is 10.1. The van der Waals surface area contributed by atoms with E-state index in [-0.39, 0.29) is 42.6 Å². The summed E-state index contributed by atoms with van der Waals surface area (Å²) in [5.74, 6) is -0.858. The van der Waals surface area contributed by atoms with E-state index in [9.17, 15) is 19.2 Å². The normalized spacial score (nSPS) is 10.4. The lowest BCUT2D eigenvalue weighted by Crippen LogP contribution is -2.48. The molecule has 27 heavy (non-hydrogen) atoms. The number of carbonyl (C=O) groups excluding carboxylic acids is 4. The van der Waals surface area contributed by atoms with Gasteiger partial charge in [-0.2, -0.15) is 0 Å². The molecule has 1 N–H and O–H groups in total. The lowest BCUT2D eigenvalue weighted by molar-refractivity contribution is -0.141. The van der Waals surface area contributed by atoms with Gasteiger partial charge in [-0.3, -0.25) is 14.4 Å². The Hall–Kier alpha value is -1.72. The number of carbonyl (C=O) groups is 4. The number of rotatable bonds is 10. The van der Waals surface area contributed by atoms with Crippen LogP contribution in [0.15, 0.2) is 0 Å². The summed E-state index contributed by atoms with van der Waals surface area (Å²) in [5, 5.41) is 2.74. The van der Waals surface area contributed by atoms with Crippen molar-refractivity contribution in [1.82, 2.24) is 10.2 Å². The number of hydrogen-bond donors (Lipinski definition) is 1. The van der Waals surface area contributed by atoms with Crippen LogP contribution < -0.4 is 5.32 Å². The fourth-order valence-corrected chi connectivity index (χ4v) is 1.82. The first-order valence-electron chi connectivity index (χ1n) is 10.1. The van der Waals surface area contributed by atoms with Gasteiger partial charge in [-0.1, -0.05) is 53.9 Å². The van der Waals surface area contributed by atoms with Crippen LogP contribution in [0.5, 0.6) is 0 Å². The quantitative estimate of drug-likeness (QED) is 0.577. The average Bonchev–Trinajstić information content (AvgIpc) is 2.58. The molecule has 0 aromatic rings. The highest BCUT2D eigenvalue weighted by Gasteiger charge is 2.27. The molecule has 0 aliphatic carbocycles. The largest absolute Gasteiger partial charge is 0.354 e. The predicted octanol–water partition coefficient (Wildman–Crippen LogP) is 3.91. The zero-order valence-corrected chi connectivity index (χ0v) is 18.8. The molecule has 1 atom stereocenters. The molecular weight excluding hydrogens is 344 g/mol. The molecule has 0 heterocycles. The first kappa shape index (κ1) is 30.0. The number of Topliss-reactive ketones (excluding diaryl/α,β-unsaturated/α-hetero) is 2. The topological polar surface area (TPSA) is 83.6 Å². The van der Waals surface area contributed by atoms with Gasteiger partial charge in [0.2, 0.25) is 11.8 Å². The number of nitrogens with one attached hydrogen (secondary N) is 1. The van der Waals surface area contributed by atoms with Crippen molar-refractivity contribution < 1.29 is 19.2 Å². The van der Waals surface area contributed by atoms with Gasteiger partial charge in [-0.05, 0) is 20.3 Å². The summed E-state index contributed by atoms with van der Waals surface area (Å²) in [6.45, 7) is 13.8. The summed E-state index contributed by atoms with van der Waals surface area (Å²) >= 11 is 0. The van der Waals surface area contributed by atoms with Crippen molar-refractivity contribution in [3.63, 3.8) is 0 Å². The Bertz CT molecular complexity index is 420. The third-order valence-electron chi connectivity index (χ3n) is 3.16. The second kappa shape index (κ2) is 20.6. The molecule has 0 aliphatic heterocycles. The zero-order chi connectivity index (χ0) is 21.8. The minimum absolute atomic E-state index is 0.0136. The Morgan fingerprint density at radius 2 is 1.33 bits per heavy atom. The molecule has 0 saturated heterocycles. The van der Waals surface area contributed by atoms with Crippen molar-refractivity contribution in [2.45, 2.75) is 99.5 Å². The maximum Gasteiger partial charge on any atom is 0.243 e. The van der Waals surface area contributed by atoms with Crippen LogP contribution in [0, 0.1) is 0 Å². The van der Waals surface area contributed by atoms with E-state index in [0.29, 0.717) is 6.54 Å². The van der Waals surface area contributed by atoms with E-state index in [0.717, 1.165) is 12.8 Å². The number of amides is 2. The monoisotopic (exact) mass is 386 g/mol. The summed E-state index contributed by atoms with van der Waals surface area (Å²) in [5.41, 5.74) is 0. The van der Waals surface area contributed by atoms with Gasteiger partial charge in [0.1, 0.15) is 17.6 Å². The zero-order valence-electron chi connectivity index (χ0n) is 18.8. The van der Waals surface area contributed by atoms with E-state index >= 15 is 0 Å². The smallest absolute Gasteiger partial charge is 0.243 e. The molecule has 0 aliphatic rings. The van der Waals surface area contributed by atoms with E-state index in [1.165, 1.54) is 38.6 Å². The molecule has 6 heteroatoms. The Balaban J connectivity index is -0.000000840. The molecule has 160 valence electrons. The fraction of sp³-hybridized carbons (Fsp3) is 0.810. The van der Waals surface area contributed by atoms with E-state index in [2.05, 4.69) is 33.0 Å². The molecule has 0 aromatic heterocycles. The highest BCUT2D eigenvalue weighted by atomic mass is 16.2. The highest BCUT2D eigenvalue weighted by Crippen LogP contribution is 2.07. The van der Waals surface area contributed by atoms with Crippen LogP contribution in [0.2, 0.25) is 0 Å². The molecule has 0 spiro atoms. The standard InChI is InChI=1S/C15H26N2O4.2C3H8/c1-5-6-9-16-15(21)13(10-12(3)19)17(4)14(20)8-7-11(2)18;2*1-3-2/h13H,5-10H2,1-4H3,(H,16,21);2*3H2,1-2H3. The van der Waals surface area contributed by atoms with Crippen LogP contribution in [0.3, 0.4) is 0 Å². The molecule has 0 bridgehead atoms. The molecule has 0 aromatic carbocycles. The number of hydrogen-bond acceptors (Lipinski definition) is 4. The molecule has 0 saturated carbocycles. The third-order valence-corrected chi connectivity index (χ3v) is 3.16. The van der Waals surface area contributed by atoms with Crippen LogP contribution >= 0.6 is 0 Å². The van der Waals surface area contributed by atoms with Gasteiger partial charge in [0.25, 0.3) is 0 Å².